The average molecular weight is 367 g/mol. The molecule has 1 heterocycles. The van der Waals surface area contributed by atoms with Crippen LogP contribution in [0.15, 0.2) is 54.6 Å². The number of benzene rings is 2. The third-order valence-corrected chi connectivity index (χ3v) is 5.18. The summed E-state index contributed by atoms with van der Waals surface area (Å²) in [6, 6.07) is 18.3. The molecule has 0 N–H and O–H groups in total. The Kier molecular flexibility index (Phi) is 6.35. The van der Waals surface area contributed by atoms with Gasteiger partial charge < -0.3 is 14.5 Å². The van der Waals surface area contributed by atoms with E-state index in [0.717, 1.165) is 49.7 Å². The number of hydrogen-bond donors (Lipinski definition) is 0. The first-order valence-electron chi connectivity index (χ1n) is 9.46. The van der Waals surface area contributed by atoms with Crippen molar-refractivity contribution in [2.24, 2.45) is 0 Å². The van der Waals surface area contributed by atoms with E-state index < -0.39 is 0 Å². The van der Waals surface area contributed by atoms with E-state index in [9.17, 15) is 4.79 Å². The summed E-state index contributed by atoms with van der Waals surface area (Å²) >= 11 is 0. The molecule has 1 unspecified atom stereocenters. The number of rotatable bonds is 6. The maximum absolute atomic E-state index is 12.8. The lowest BCUT2D eigenvalue weighted by Gasteiger charge is -2.38. The van der Waals surface area contributed by atoms with Crippen molar-refractivity contribution in [3.05, 3.63) is 60.2 Å². The number of piperazine rings is 1. The predicted molar refractivity (Wildman–Crippen MR) is 110 cm³/mol. The van der Waals surface area contributed by atoms with Gasteiger partial charge in [-0.05, 0) is 17.7 Å². The first-order chi connectivity index (χ1) is 13.1. The lowest BCUT2D eigenvalue weighted by molar-refractivity contribution is -0.130. The number of likely N-dealkylation sites (N-methyl/N-ethyl adjacent to an activating group) is 1. The standard InChI is InChI=1S/C22H29N3O2/c1-23(2)22(26)19(18-9-5-4-6-10-18)17-24-13-15-25(16-14-24)20-11-7-8-12-21(20)27-3/h4-12,19H,13-17H2,1-3H3. The Morgan fingerprint density at radius 3 is 2.26 bits per heavy atom. The fourth-order valence-corrected chi connectivity index (χ4v) is 3.64. The Morgan fingerprint density at radius 2 is 1.63 bits per heavy atom. The molecule has 1 aliphatic rings. The molecule has 0 spiro atoms. The van der Waals surface area contributed by atoms with Crippen molar-refractivity contribution in [1.82, 2.24) is 9.80 Å². The van der Waals surface area contributed by atoms with Crippen LogP contribution in [-0.2, 0) is 4.79 Å². The highest BCUT2D eigenvalue weighted by Crippen LogP contribution is 2.29. The van der Waals surface area contributed by atoms with Crippen molar-refractivity contribution in [1.29, 1.82) is 0 Å². The molecule has 1 aliphatic heterocycles. The summed E-state index contributed by atoms with van der Waals surface area (Å²) in [4.78, 5) is 19.2. The van der Waals surface area contributed by atoms with Gasteiger partial charge >= 0.3 is 0 Å². The molecule has 27 heavy (non-hydrogen) atoms. The van der Waals surface area contributed by atoms with E-state index in [-0.39, 0.29) is 11.8 Å². The summed E-state index contributed by atoms with van der Waals surface area (Å²) in [5.41, 5.74) is 2.23. The van der Waals surface area contributed by atoms with Gasteiger partial charge in [0.2, 0.25) is 5.91 Å². The van der Waals surface area contributed by atoms with E-state index in [4.69, 9.17) is 4.74 Å². The van der Waals surface area contributed by atoms with Gasteiger partial charge in [0.25, 0.3) is 0 Å². The van der Waals surface area contributed by atoms with Crippen LogP contribution < -0.4 is 9.64 Å². The third kappa shape index (κ3) is 4.61. The van der Waals surface area contributed by atoms with Gasteiger partial charge in [0, 0.05) is 46.8 Å². The number of methoxy groups -OCH3 is 1. The van der Waals surface area contributed by atoms with Crippen LogP contribution in [0.3, 0.4) is 0 Å². The van der Waals surface area contributed by atoms with Crippen molar-refractivity contribution >= 4 is 11.6 Å². The number of amides is 1. The van der Waals surface area contributed by atoms with Crippen LogP contribution in [0.2, 0.25) is 0 Å². The van der Waals surface area contributed by atoms with Crippen LogP contribution in [0.1, 0.15) is 11.5 Å². The molecule has 1 amide bonds. The lowest BCUT2D eigenvalue weighted by Crippen LogP contribution is -2.49. The van der Waals surface area contributed by atoms with E-state index in [0.29, 0.717) is 0 Å². The second kappa shape index (κ2) is 8.91. The third-order valence-electron chi connectivity index (χ3n) is 5.18. The van der Waals surface area contributed by atoms with E-state index >= 15 is 0 Å². The maximum Gasteiger partial charge on any atom is 0.230 e. The van der Waals surface area contributed by atoms with Gasteiger partial charge in [-0.1, -0.05) is 42.5 Å². The van der Waals surface area contributed by atoms with Crippen LogP contribution in [-0.4, -0.2) is 69.6 Å². The van der Waals surface area contributed by atoms with Gasteiger partial charge in [-0.2, -0.15) is 0 Å². The highest BCUT2D eigenvalue weighted by Gasteiger charge is 2.27. The Balaban J connectivity index is 1.67. The predicted octanol–water partition coefficient (Wildman–Crippen LogP) is 2.69. The highest BCUT2D eigenvalue weighted by atomic mass is 16.5. The molecule has 3 rings (SSSR count). The number of nitrogens with zero attached hydrogens (tertiary/aromatic N) is 3. The summed E-state index contributed by atoms with van der Waals surface area (Å²) < 4.78 is 5.50. The Hall–Kier alpha value is -2.53. The molecule has 0 bridgehead atoms. The van der Waals surface area contributed by atoms with Crippen molar-refractivity contribution < 1.29 is 9.53 Å². The minimum absolute atomic E-state index is 0.126. The van der Waals surface area contributed by atoms with Gasteiger partial charge in [-0.15, -0.1) is 0 Å². The smallest absolute Gasteiger partial charge is 0.230 e. The first kappa shape index (κ1) is 19.2. The van der Waals surface area contributed by atoms with E-state index in [2.05, 4.69) is 28.0 Å². The number of carbonyl (C=O) groups excluding carboxylic acids is 1. The molecule has 1 saturated heterocycles. The van der Waals surface area contributed by atoms with Crippen LogP contribution >= 0.6 is 0 Å². The normalized spacial score (nSPS) is 16.0. The Morgan fingerprint density at radius 1 is 1.00 bits per heavy atom. The van der Waals surface area contributed by atoms with Crippen molar-refractivity contribution in [3.8, 4) is 5.75 Å². The summed E-state index contributed by atoms with van der Waals surface area (Å²) in [5.74, 6) is 0.947. The van der Waals surface area contributed by atoms with Gasteiger partial charge in [0.1, 0.15) is 5.75 Å². The Labute approximate surface area is 162 Å². The second-order valence-electron chi connectivity index (χ2n) is 7.16. The zero-order valence-electron chi connectivity index (χ0n) is 16.5. The monoisotopic (exact) mass is 367 g/mol. The fraction of sp³-hybridized carbons (Fsp3) is 0.409. The molecule has 0 radical (unpaired) electrons. The van der Waals surface area contributed by atoms with Crippen LogP contribution in [0.4, 0.5) is 5.69 Å². The number of hydrogen-bond acceptors (Lipinski definition) is 4. The Bertz CT molecular complexity index is 740. The largest absolute Gasteiger partial charge is 0.495 e. The SMILES string of the molecule is COc1ccccc1N1CCN(CC(C(=O)N(C)C)c2ccccc2)CC1. The van der Waals surface area contributed by atoms with Gasteiger partial charge in [-0.25, -0.2) is 0 Å². The van der Waals surface area contributed by atoms with Crippen molar-refractivity contribution in [2.75, 3.05) is 58.8 Å². The van der Waals surface area contributed by atoms with Crippen LogP contribution in [0, 0.1) is 0 Å². The summed E-state index contributed by atoms with van der Waals surface area (Å²) in [7, 11) is 5.38. The molecular formula is C22H29N3O2. The number of carbonyl (C=O) groups is 1. The highest BCUT2D eigenvalue weighted by molar-refractivity contribution is 5.83. The minimum atomic E-state index is -0.126. The molecule has 0 saturated carbocycles. The molecule has 1 fully saturated rings. The van der Waals surface area contributed by atoms with Gasteiger partial charge in [0.15, 0.2) is 0 Å². The molecule has 2 aromatic rings. The summed E-state index contributed by atoms with van der Waals surface area (Å²) in [6.07, 6.45) is 0. The molecule has 2 aromatic carbocycles. The van der Waals surface area contributed by atoms with Gasteiger partial charge in [-0.3, -0.25) is 9.69 Å². The first-order valence-corrected chi connectivity index (χ1v) is 9.46. The molecule has 5 nitrogen and oxygen atoms in total. The number of para-hydroxylation sites is 2. The maximum atomic E-state index is 12.8. The summed E-state index contributed by atoms with van der Waals surface area (Å²) in [6.45, 7) is 4.47. The second-order valence-corrected chi connectivity index (χ2v) is 7.16. The lowest BCUT2D eigenvalue weighted by atomic mass is 9.96. The number of anilines is 1. The van der Waals surface area contributed by atoms with Crippen molar-refractivity contribution in [2.45, 2.75) is 5.92 Å². The minimum Gasteiger partial charge on any atom is -0.495 e. The quantitative estimate of drug-likeness (QED) is 0.787. The van der Waals surface area contributed by atoms with Gasteiger partial charge in [0.05, 0.1) is 18.7 Å². The summed E-state index contributed by atoms with van der Waals surface area (Å²) in [5, 5.41) is 0. The topological polar surface area (TPSA) is 36.0 Å². The van der Waals surface area contributed by atoms with Crippen molar-refractivity contribution in [3.63, 3.8) is 0 Å². The fourth-order valence-electron chi connectivity index (χ4n) is 3.64. The van der Waals surface area contributed by atoms with E-state index in [1.807, 2.05) is 50.5 Å². The van der Waals surface area contributed by atoms with E-state index in [1.165, 1.54) is 0 Å². The molecule has 0 aliphatic carbocycles. The molecular weight excluding hydrogens is 338 g/mol. The molecule has 144 valence electrons. The molecule has 1 atom stereocenters. The molecule has 0 aromatic heterocycles. The average Bonchev–Trinajstić information content (AvgIpc) is 2.72. The van der Waals surface area contributed by atoms with E-state index in [1.54, 1.807) is 12.0 Å². The van der Waals surface area contributed by atoms with Crippen LogP contribution in [0.5, 0.6) is 5.75 Å². The zero-order valence-corrected chi connectivity index (χ0v) is 16.5. The molecule has 5 heteroatoms. The zero-order chi connectivity index (χ0) is 19.2. The number of ether oxygens (including phenoxy) is 1. The van der Waals surface area contributed by atoms with Crippen LogP contribution in [0.25, 0.3) is 0 Å².